The van der Waals surface area contributed by atoms with Crippen LogP contribution < -0.4 is 0 Å². The highest BCUT2D eigenvalue weighted by Gasteiger charge is 2.30. The van der Waals surface area contributed by atoms with Gasteiger partial charge in [0.1, 0.15) is 6.23 Å². The summed E-state index contributed by atoms with van der Waals surface area (Å²) in [6, 6.07) is 20.2. The molecule has 1 fully saturated rings. The summed E-state index contributed by atoms with van der Waals surface area (Å²) < 4.78 is 5.96. The van der Waals surface area contributed by atoms with Crippen LogP contribution in [0.1, 0.15) is 29.9 Å². The minimum Gasteiger partial charge on any atom is -0.504 e. The van der Waals surface area contributed by atoms with Crippen LogP contribution in [0.25, 0.3) is 0 Å². The third-order valence-electron chi connectivity index (χ3n) is 5.08. The van der Waals surface area contributed by atoms with E-state index in [2.05, 4.69) is 29.3 Å². The van der Waals surface area contributed by atoms with Gasteiger partial charge in [-0.15, -0.1) is 0 Å². The monoisotopic (exact) mass is 406 g/mol. The molecule has 2 aromatic carbocycles. The predicted molar refractivity (Wildman–Crippen MR) is 116 cm³/mol. The van der Waals surface area contributed by atoms with Crippen molar-refractivity contribution in [1.29, 1.82) is 0 Å². The van der Waals surface area contributed by atoms with Crippen molar-refractivity contribution < 1.29 is 19.4 Å². The van der Waals surface area contributed by atoms with Crippen LogP contribution in [0.2, 0.25) is 0 Å². The second kappa shape index (κ2) is 10.5. The fraction of sp³-hybridized carbons (Fsp3) is 0.292. The van der Waals surface area contributed by atoms with Gasteiger partial charge in [-0.2, -0.15) is 0 Å². The quantitative estimate of drug-likeness (QED) is 0.434. The molecule has 0 aliphatic carbocycles. The van der Waals surface area contributed by atoms with E-state index >= 15 is 0 Å². The number of ether oxygens (including phenoxy) is 1. The van der Waals surface area contributed by atoms with Gasteiger partial charge in [-0.05, 0) is 17.5 Å². The van der Waals surface area contributed by atoms with Crippen LogP contribution in [-0.2, 0) is 14.3 Å². The molecule has 0 saturated carbocycles. The van der Waals surface area contributed by atoms with Crippen molar-refractivity contribution in [3.63, 3.8) is 0 Å². The summed E-state index contributed by atoms with van der Waals surface area (Å²) in [6.07, 6.45) is 2.73. The van der Waals surface area contributed by atoms with Crippen LogP contribution >= 0.6 is 0 Å². The second-order valence-corrected chi connectivity index (χ2v) is 7.10. The number of aliphatic imine (C=N–C) groups is 1. The van der Waals surface area contributed by atoms with Crippen molar-refractivity contribution in [2.75, 3.05) is 20.2 Å². The van der Waals surface area contributed by atoms with Gasteiger partial charge in [0.15, 0.2) is 5.76 Å². The Kier molecular flexibility index (Phi) is 7.51. The summed E-state index contributed by atoms with van der Waals surface area (Å²) in [7, 11) is 1.43. The SMILES string of the molecule is CN=CC(=O)/C(O)=C/C(=O)N1CCCOC1CC(c1ccccc1)c1ccccc1. The molecular weight excluding hydrogens is 380 g/mol. The van der Waals surface area contributed by atoms with Crippen molar-refractivity contribution in [1.82, 2.24) is 4.90 Å². The van der Waals surface area contributed by atoms with Gasteiger partial charge in [0, 0.05) is 32.0 Å². The summed E-state index contributed by atoms with van der Waals surface area (Å²) in [5.74, 6) is -1.74. The Labute approximate surface area is 176 Å². The molecule has 6 heteroatoms. The van der Waals surface area contributed by atoms with Crippen LogP contribution in [0.5, 0.6) is 0 Å². The number of amides is 1. The first-order valence-corrected chi connectivity index (χ1v) is 9.99. The van der Waals surface area contributed by atoms with Crippen molar-refractivity contribution in [3.8, 4) is 0 Å². The molecule has 1 heterocycles. The van der Waals surface area contributed by atoms with Crippen LogP contribution in [0.3, 0.4) is 0 Å². The topological polar surface area (TPSA) is 79.2 Å². The highest BCUT2D eigenvalue weighted by molar-refractivity contribution is 6.34. The summed E-state index contributed by atoms with van der Waals surface area (Å²) in [5, 5.41) is 9.91. The molecule has 0 bridgehead atoms. The van der Waals surface area contributed by atoms with Gasteiger partial charge in [0.05, 0.1) is 12.8 Å². The van der Waals surface area contributed by atoms with E-state index in [0.717, 1.165) is 23.4 Å². The largest absolute Gasteiger partial charge is 0.504 e. The third kappa shape index (κ3) is 5.42. The predicted octanol–water partition coefficient (Wildman–Crippen LogP) is 3.50. The number of benzene rings is 2. The van der Waals surface area contributed by atoms with Gasteiger partial charge in [0.25, 0.3) is 5.91 Å². The molecule has 30 heavy (non-hydrogen) atoms. The maximum Gasteiger partial charge on any atom is 0.252 e. The number of ketones is 1. The zero-order valence-electron chi connectivity index (χ0n) is 17.0. The number of carbonyl (C=O) groups excluding carboxylic acids is 2. The molecule has 0 spiro atoms. The lowest BCUT2D eigenvalue weighted by molar-refractivity contribution is -0.151. The summed E-state index contributed by atoms with van der Waals surface area (Å²) in [5.41, 5.74) is 2.27. The van der Waals surface area contributed by atoms with E-state index in [1.165, 1.54) is 7.05 Å². The van der Waals surface area contributed by atoms with Crippen LogP contribution in [0.4, 0.5) is 0 Å². The van der Waals surface area contributed by atoms with Gasteiger partial charge in [-0.3, -0.25) is 14.6 Å². The lowest BCUT2D eigenvalue weighted by atomic mass is 9.87. The van der Waals surface area contributed by atoms with Gasteiger partial charge in [0.2, 0.25) is 5.78 Å². The maximum absolute atomic E-state index is 12.8. The molecular formula is C24H26N2O4. The van der Waals surface area contributed by atoms with Gasteiger partial charge in [-0.1, -0.05) is 60.7 Å². The van der Waals surface area contributed by atoms with E-state index < -0.39 is 23.7 Å². The van der Waals surface area contributed by atoms with Crippen molar-refractivity contribution in [2.45, 2.75) is 25.0 Å². The number of aliphatic hydroxyl groups is 1. The minimum atomic E-state index is -0.702. The first-order chi connectivity index (χ1) is 14.6. The van der Waals surface area contributed by atoms with Crippen molar-refractivity contribution in [2.24, 2.45) is 4.99 Å². The van der Waals surface area contributed by atoms with Gasteiger partial charge in [-0.25, -0.2) is 0 Å². The van der Waals surface area contributed by atoms with E-state index in [1.54, 1.807) is 4.90 Å². The van der Waals surface area contributed by atoms with Crippen LogP contribution in [0.15, 0.2) is 77.5 Å². The molecule has 1 N–H and O–H groups in total. The van der Waals surface area contributed by atoms with Crippen LogP contribution in [-0.4, -0.2) is 54.3 Å². The van der Waals surface area contributed by atoms with E-state index in [4.69, 9.17) is 4.74 Å². The summed E-state index contributed by atoms with van der Waals surface area (Å²) >= 11 is 0. The fourth-order valence-corrected chi connectivity index (χ4v) is 3.63. The van der Waals surface area contributed by atoms with Crippen LogP contribution in [0, 0.1) is 0 Å². The maximum atomic E-state index is 12.8. The molecule has 1 amide bonds. The van der Waals surface area contributed by atoms with E-state index in [-0.39, 0.29) is 5.92 Å². The molecule has 3 rings (SSSR count). The molecule has 1 unspecified atom stereocenters. The first-order valence-electron chi connectivity index (χ1n) is 9.99. The number of carbonyl (C=O) groups is 2. The zero-order valence-corrected chi connectivity index (χ0v) is 17.0. The normalized spacial score (nSPS) is 17.5. The lowest BCUT2D eigenvalue weighted by Gasteiger charge is -2.37. The Morgan fingerprint density at radius 3 is 2.30 bits per heavy atom. The van der Waals surface area contributed by atoms with E-state index in [0.29, 0.717) is 26.0 Å². The highest BCUT2D eigenvalue weighted by Crippen LogP contribution is 2.32. The number of hydrogen-bond acceptors (Lipinski definition) is 5. The minimum absolute atomic E-state index is 0.0391. The fourth-order valence-electron chi connectivity index (χ4n) is 3.63. The number of nitrogens with zero attached hydrogens (tertiary/aromatic N) is 2. The molecule has 2 aromatic rings. The number of allylic oxidation sites excluding steroid dienone is 1. The Morgan fingerprint density at radius 1 is 1.13 bits per heavy atom. The Bertz CT molecular complexity index is 870. The molecule has 1 aliphatic heterocycles. The first kappa shape index (κ1) is 21.5. The summed E-state index contributed by atoms with van der Waals surface area (Å²) in [4.78, 5) is 29.7. The summed E-state index contributed by atoms with van der Waals surface area (Å²) in [6.45, 7) is 1.06. The number of rotatable bonds is 7. The van der Waals surface area contributed by atoms with Crippen molar-refractivity contribution >= 4 is 17.9 Å². The van der Waals surface area contributed by atoms with Crippen molar-refractivity contribution in [3.05, 3.63) is 83.6 Å². The average molecular weight is 406 g/mol. The number of hydrogen-bond donors (Lipinski definition) is 1. The number of aliphatic hydroxyl groups excluding tert-OH is 1. The molecule has 0 aromatic heterocycles. The molecule has 1 saturated heterocycles. The molecule has 6 nitrogen and oxygen atoms in total. The van der Waals surface area contributed by atoms with E-state index in [9.17, 15) is 14.7 Å². The van der Waals surface area contributed by atoms with Gasteiger partial charge < -0.3 is 14.7 Å². The second-order valence-electron chi connectivity index (χ2n) is 7.10. The highest BCUT2D eigenvalue weighted by atomic mass is 16.5. The number of Topliss-reactive ketones (excluding diaryl/α,β-unsaturated/α-hetero) is 1. The zero-order chi connectivity index (χ0) is 21.3. The smallest absolute Gasteiger partial charge is 0.252 e. The average Bonchev–Trinajstić information content (AvgIpc) is 2.79. The molecule has 0 radical (unpaired) electrons. The Morgan fingerprint density at radius 2 is 1.73 bits per heavy atom. The van der Waals surface area contributed by atoms with E-state index in [1.807, 2.05) is 36.4 Å². The lowest BCUT2D eigenvalue weighted by Crippen LogP contribution is -2.46. The van der Waals surface area contributed by atoms with Gasteiger partial charge >= 0.3 is 0 Å². The Hall–Kier alpha value is -3.25. The molecule has 1 aliphatic rings. The molecule has 1 atom stereocenters. The third-order valence-corrected chi connectivity index (χ3v) is 5.08. The Balaban J connectivity index is 1.84. The molecule has 156 valence electrons. The standard InChI is InChI=1S/C24H26N2O4/c1-25-17-22(28)21(27)16-23(29)26-13-8-14-30-24(26)15-20(18-9-4-2-5-10-18)19-11-6-3-7-12-19/h2-7,9-12,16-17,20,24,27H,8,13-15H2,1H3/b21-16-,25-17?.